The lowest BCUT2D eigenvalue weighted by Crippen LogP contribution is -2.54. The molecule has 0 bridgehead atoms. The van der Waals surface area contributed by atoms with Gasteiger partial charge in [-0.1, -0.05) is 6.07 Å². The van der Waals surface area contributed by atoms with Crippen molar-refractivity contribution in [3.63, 3.8) is 0 Å². The van der Waals surface area contributed by atoms with Crippen LogP contribution in [0.2, 0.25) is 0 Å². The second-order valence-electron chi connectivity index (χ2n) is 8.51. The number of carbonyl (C=O) groups excluding carboxylic acids is 1. The summed E-state index contributed by atoms with van der Waals surface area (Å²) in [4.78, 5) is 30.1. The van der Waals surface area contributed by atoms with Crippen LogP contribution in [0.5, 0.6) is 0 Å². The summed E-state index contributed by atoms with van der Waals surface area (Å²) < 4.78 is 0. The Morgan fingerprint density at radius 1 is 1.10 bits per heavy atom. The molecule has 4 heterocycles. The molecule has 0 saturated carbocycles. The number of β-amino-alcohol motifs (C(OH)–C–C–N with tert-alkyl or cyclic N) is 1. The molecule has 2 aromatic heterocycles. The van der Waals surface area contributed by atoms with Gasteiger partial charge in [0.15, 0.2) is 0 Å². The van der Waals surface area contributed by atoms with E-state index < -0.39 is 6.10 Å². The fraction of sp³-hybridized carbons (Fsp3) is 0.391. The third kappa shape index (κ3) is 3.61. The zero-order valence-corrected chi connectivity index (χ0v) is 16.8. The van der Waals surface area contributed by atoms with Crippen molar-refractivity contribution >= 4 is 22.6 Å². The van der Waals surface area contributed by atoms with E-state index in [-0.39, 0.29) is 11.3 Å². The highest BCUT2D eigenvalue weighted by Gasteiger charge is 2.42. The number of aromatic nitrogens is 3. The number of amides is 1. The molecule has 7 heteroatoms. The average molecular weight is 403 g/mol. The van der Waals surface area contributed by atoms with E-state index in [0.29, 0.717) is 25.2 Å². The van der Waals surface area contributed by atoms with Crippen LogP contribution >= 0.6 is 0 Å². The van der Waals surface area contributed by atoms with E-state index in [9.17, 15) is 9.90 Å². The Bertz CT molecular complexity index is 1050. The van der Waals surface area contributed by atoms with Gasteiger partial charge in [-0.25, -0.2) is 4.98 Å². The molecular formula is C23H25N5O2. The van der Waals surface area contributed by atoms with E-state index in [1.807, 2.05) is 35.2 Å². The first-order chi connectivity index (χ1) is 14.6. The average Bonchev–Trinajstić information content (AvgIpc) is 2.79. The Balaban J connectivity index is 1.29. The Morgan fingerprint density at radius 3 is 2.77 bits per heavy atom. The molecule has 0 radical (unpaired) electrons. The minimum atomic E-state index is -0.393. The highest BCUT2D eigenvalue weighted by Crippen LogP contribution is 2.41. The highest BCUT2D eigenvalue weighted by molar-refractivity contribution is 5.98. The molecule has 1 atom stereocenters. The summed E-state index contributed by atoms with van der Waals surface area (Å²) in [6.07, 6.45) is 8.98. The minimum absolute atomic E-state index is 0.000721. The molecule has 3 aromatic rings. The lowest BCUT2D eigenvalue weighted by atomic mass is 9.71. The van der Waals surface area contributed by atoms with Gasteiger partial charge in [0.05, 0.1) is 17.8 Å². The molecule has 1 aromatic carbocycles. The fourth-order valence-electron chi connectivity index (χ4n) is 4.92. The van der Waals surface area contributed by atoms with Gasteiger partial charge in [-0.2, -0.15) is 0 Å². The van der Waals surface area contributed by atoms with E-state index in [4.69, 9.17) is 0 Å². The van der Waals surface area contributed by atoms with Gasteiger partial charge in [0.2, 0.25) is 0 Å². The predicted octanol–water partition coefficient (Wildman–Crippen LogP) is 2.52. The Hall–Kier alpha value is -3.06. The summed E-state index contributed by atoms with van der Waals surface area (Å²) >= 11 is 0. The molecule has 2 aliphatic rings. The van der Waals surface area contributed by atoms with E-state index in [0.717, 1.165) is 42.5 Å². The van der Waals surface area contributed by atoms with Gasteiger partial charge in [-0.15, -0.1) is 0 Å². The highest BCUT2D eigenvalue weighted by atomic mass is 16.3. The number of rotatable bonds is 2. The van der Waals surface area contributed by atoms with Crippen LogP contribution in [0.1, 0.15) is 29.6 Å². The van der Waals surface area contributed by atoms with Crippen molar-refractivity contribution in [2.45, 2.75) is 25.4 Å². The van der Waals surface area contributed by atoms with E-state index in [1.165, 1.54) is 0 Å². The standard InChI is InChI=1S/C23H25N5O2/c29-19-13-23(16-28(15-19)21-14-24-8-9-26-21)5-10-27(11-6-23)22(30)18-3-4-20-17(12-18)2-1-7-25-20/h1-4,7-9,12,14,19,29H,5-6,10-11,13,15-16H2. The monoisotopic (exact) mass is 403 g/mol. The van der Waals surface area contributed by atoms with Gasteiger partial charge in [0.1, 0.15) is 5.82 Å². The van der Waals surface area contributed by atoms with Gasteiger partial charge < -0.3 is 14.9 Å². The van der Waals surface area contributed by atoms with Crippen molar-refractivity contribution in [2.24, 2.45) is 5.41 Å². The first-order valence-electron chi connectivity index (χ1n) is 10.5. The van der Waals surface area contributed by atoms with Gasteiger partial charge in [-0.3, -0.25) is 14.8 Å². The number of anilines is 1. The summed E-state index contributed by atoms with van der Waals surface area (Å²) in [5.74, 6) is 0.872. The number of hydrogen-bond acceptors (Lipinski definition) is 6. The van der Waals surface area contributed by atoms with Crippen LogP contribution < -0.4 is 4.90 Å². The number of aliphatic hydroxyl groups is 1. The number of hydrogen-bond donors (Lipinski definition) is 1. The summed E-state index contributed by atoms with van der Waals surface area (Å²) in [6.45, 7) is 2.82. The Kier molecular flexibility index (Phi) is 4.83. The number of benzene rings is 1. The number of pyridine rings is 1. The molecule has 0 aliphatic carbocycles. The normalized spacial score (nSPS) is 21.2. The van der Waals surface area contributed by atoms with Crippen molar-refractivity contribution in [1.29, 1.82) is 0 Å². The number of carbonyl (C=O) groups is 1. The lowest BCUT2D eigenvalue weighted by Gasteiger charge is -2.49. The van der Waals surface area contributed by atoms with Crippen molar-refractivity contribution in [3.8, 4) is 0 Å². The maximum Gasteiger partial charge on any atom is 0.253 e. The zero-order valence-electron chi connectivity index (χ0n) is 16.8. The van der Waals surface area contributed by atoms with E-state index in [1.54, 1.807) is 24.8 Å². The van der Waals surface area contributed by atoms with Gasteiger partial charge in [0.25, 0.3) is 5.91 Å². The van der Waals surface area contributed by atoms with Gasteiger partial charge >= 0.3 is 0 Å². The third-order valence-electron chi connectivity index (χ3n) is 6.46. The van der Waals surface area contributed by atoms with Crippen molar-refractivity contribution in [3.05, 3.63) is 60.7 Å². The first kappa shape index (κ1) is 18.9. The summed E-state index contributed by atoms with van der Waals surface area (Å²) in [6, 6.07) is 9.56. The predicted molar refractivity (Wildman–Crippen MR) is 114 cm³/mol. The molecule has 1 amide bonds. The van der Waals surface area contributed by atoms with Crippen LogP contribution in [-0.4, -0.2) is 63.1 Å². The van der Waals surface area contributed by atoms with Crippen LogP contribution in [0.3, 0.4) is 0 Å². The number of likely N-dealkylation sites (tertiary alicyclic amines) is 1. The fourth-order valence-corrected chi connectivity index (χ4v) is 4.92. The molecule has 2 saturated heterocycles. The number of nitrogens with zero attached hydrogens (tertiary/aromatic N) is 5. The van der Waals surface area contributed by atoms with Crippen molar-refractivity contribution < 1.29 is 9.90 Å². The second-order valence-corrected chi connectivity index (χ2v) is 8.51. The molecule has 5 rings (SSSR count). The molecular weight excluding hydrogens is 378 g/mol. The molecule has 154 valence electrons. The largest absolute Gasteiger partial charge is 0.391 e. The van der Waals surface area contributed by atoms with Crippen LogP contribution in [0.15, 0.2) is 55.1 Å². The second kappa shape index (κ2) is 7.65. The number of aliphatic hydroxyl groups excluding tert-OH is 1. The Morgan fingerprint density at radius 2 is 1.97 bits per heavy atom. The summed E-state index contributed by atoms with van der Waals surface area (Å²) in [5, 5.41) is 11.5. The van der Waals surface area contributed by atoms with E-state index in [2.05, 4.69) is 19.9 Å². The molecule has 1 spiro atoms. The SMILES string of the molecule is O=C(c1ccc2ncccc2c1)N1CCC2(CC1)CC(O)CN(c1cnccn1)C2. The third-order valence-corrected chi connectivity index (χ3v) is 6.46. The lowest BCUT2D eigenvalue weighted by molar-refractivity contribution is 0.0246. The maximum atomic E-state index is 13.1. The van der Waals surface area contributed by atoms with Crippen molar-refractivity contribution in [2.75, 3.05) is 31.1 Å². The maximum absolute atomic E-state index is 13.1. The molecule has 7 nitrogen and oxygen atoms in total. The van der Waals surface area contributed by atoms with Gasteiger partial charge in [0, 0.05) is 55.7 Å². The van der Waals surface area contributed by atoms with Crippen LogP contribution in [0.4, 0.5) is 5.82 Å². The number of fused-ring (bicyclic) bond motifs is 1. The molecule has 30 heavy (non-hydrogen) atoms. The smallest absolute Gasteiger partial charge is 0.253 e. The van der Waals surface area contributed by atoms with Gasteiger partial charge in [-0.05, 0) is 48.9 Å². The minimum Gasteiger partial charge on any atom is -0.391 e. The summed E-state index contributed by atoms with van der Waals surface area (Å²) in [5.41, 5.74) is 1.60. The topological polar surface area (TPSA) is 82.5 Å². The molecule has 1 N–H and O–H groups in total. The van der Waals surface area contributed by atoms with Crippen LogP contribution in [0, 0.1) is 5.41 Å². The molecule has 2 fully saturated rings. The van der Waals surface area contributed by atoms with Crippen LogP contribution in [-0.2, 0) is 0 Å². The van der Waals surface area contributed by atoms with E-state index >= 15 is 0 Å². The first-order valence-corrected chi connectivity index (χ1v) is 10.5. The summed E-state index contributed by atoms with van der Waals surface area (Å²) in [7, 11) is 0. The quantitative estimate of drug-likeness (QED) is 0.708. The number of piperidine rings is 2. The molecule has 2 aliphatic heterocycles. The zero-order chi connectivity index (χ0) is 20.6. The molecule has 1 unspecified atom stereocenters. The van der Waals surface area contributed by atoms with Crippen LogP contribution in [0.25, 0.3) is 10.9 Å². The Labute approximate surface area is 175 Å². The van der Waals surface area contributed by atoms with Crippen molar-refractivity contribution in [1.82, 2.24) is 19.9 Å².